The van der Waals surface area contributed by atoms with Crippen LogP contribution in [0.5, 0.6) is 0 Å². The number of rotatable bonds is 5. The summed E-state index contributed by atoms with van der Waals surface area (Å²) in [5, 5.41) is 2.89. The summed E-state index contributed by atoms with van der Waals surface area (Å²) in [7, 11) is 0. The molecule has 0 rings (SSSR count). The molecule has 0 heterocycles. The number of hydrogen-bond donors (Lipinski definition) is 2. The van der Waals surface area contributed by atoms with Gasteiger partial charge in [0.25, 0.3) is 5.91 Å². The molecule has 0 aromatic rings. The Morgan fingerprint density at radius 2 is 1.85 bits per heavy atom. The molecule has 0 spiro atoms. The van der Waals surface area contributed by atoms with Gasteiger partial charge in [0.1, 0.15) is 0 Å². The highest BCUT2D eigenvalue weighted by atomic mass is 16.2. The van der Waals surface area contributed by atoms with Crippen LogP contribution in [0.25, 0.3) is 0 Å². The van der Waals surface area contributed by atoms with Gasteiger partial charge in [-0.05, 0) is 12.3 Å². The molecule has 0 aromatic carbocycles. The van der Waals surface area contributed by atoms with Crippen molar-refractivity contribution in [2.75, 3.05) is 6.54 Å². The summed E-state index contributed by atoms with van der Waals surface area (Å²) >= 11 is 0. The predicted molar refractivity (Wildman–Crippen MR) is 54.0 cm³/mol. The first-order valence-electron chi connectivity index (χ1n) is 5.06. The Morgan fingerprint density at radius 3 is 2.23 bits per heavy atom. The molecular formula is C10H23N2O+. The molecule has 4 N–H and O–H groups in total. The Morgan fingerprint density at radius 1 is 1.31 bits per heavy atom. The smallest absolute Gasteiger partial charge is 0.278 e. The molecule has 1 unspecified atom stereocenters. The van der Waals surface area contributed by atoms with Crippen LogP contribution in [0.3, 0.4) is 0 Å². The Kier molecular flexibility index (Phi) is 5.71. The molecule has 0 aliphatic carbocycles. The highest BCUT2D eigenvalue weighted by Crippen LogP contribution is 1.98. The largest absolute Gasteiger partial charge is 0.351 e. The SMILES string of the molecule is CC(C)CCNC(=O)C([NH3+])C(C)C. The molecule has 0 saturated carbocycles. The van der Waals surface area contributed by atoms with Gasteiger partial charge < -0.3 is 11.1 Å². The Bertz CT molecular complexity index is 155. The molecule has 3 heteroatoms. The summed E-state index contributed by atoms with van der Waals surface area (Å²) in [5.74, 6) is 1.04. The van der Waals surface area contributed by atoms with E-state index in [0.717, 1.165) is 13.0 Å². The zero-order valence-electron chi connectivity index (χ0n) is 9.26. The van der Waals surface area contributed by atoms with Crippen LogP contribution >= 0.6 is 0 Å². The third kappa shape index (κ3) is 5.64. The molecule has 0 aromatic heterocycles. The zero-order valence-corrected chi connectivity index (χ0v) is 9.26. The molecule has 0 radical (unpaired) electrons. The van der Waals surface area contributed by atoms with E-state index in [1.807, 2.05) is 13.8 Å². The number of carbonyl (C=O) groups excluding carboxylic acids is 1. The van der Waals surface area contributed by atoms with Crippen molar-refractivity contribution in [3.8, 4) is 0 Å². The van der Waals surface area contributed by atoms with Crippen molar-refractivity contribution >= 4 is 5.91 Å². The van der Waals surface area contributed by atoms with Crippen LogP contribution in [0.4, 0.5) is 0 Å². The Hall–Kier alpha value is -0.570. The maximum Gasteiger partial charge on any atom is 0.278 e. The second-order valence-corrected chi connectivity index (χ2v) is 4.32. The summed E-state index contributed by atoms with van der Waals surface area (Å²) < 4.78 is 0. The van der Waals surface area contributed by atoms with Crippen molar-refractivity contribution in [3.63, 3.8) is 0 Å². The first kappa shape index (κ1) is 12.4. The second kappa shape index (κ2) is 5.97. The number of amides is 1. The van der Waals surface area contributed by atoms with Gasteiger partial charge in [-0.3, -0.25) is 4.79 Å². The van der Waals surface area contributed by atoms with Gasteiger partial charge in [-0.1, -0.05) is 27.7 Å². The molecular weight excluding hydrogens is 164 g/mol. The Balaban J connectivity index is 3.62. The van der Waals surface area contributed by atoms with Gasteiger partial charge in [-0.25, -0.2) is 0 Å². The van der Waals surface area contributed by atoms with Crippen LogP contribution in [-0.4, -0.2) is 18.5 Å². The standard InChI is InChI=1S/C10H22N2O/c1-7(2)5-6-12-10(13)9(11)8(3)4/h7-9H,5-6,11H2,1-4H3,(H,12,13)/p+1. The van der Waals surface area contributed by atoms with Crippen molar-refractivity contribution in [1.29, 1.82) is 0 Å². The maximum absolute atomic E-state index is 11.4. The molecule has 0 fully saturated rings. The molecule has 78 valence electrons. The van der Waals surface area contributed by atoms with E-state index in [1.165, 1.54) is 0 Å². The van der Waals surface area contributed by atoms with Gasteiger partial charge >= 0.3 is 0 Å². The molecule has 0 bridgehead atoms. The van der Waals surface area contributed by atoms with Crippen LogP contribution in [-0.2, 0) is 4.79 Å². The second-order valence-electron chi connectivity index (χ2n) is 4.32. The highest BCUT2D eigenvalue weighted by molar-refractivity contribution is 5.80. The van der Waals surface area contributed by atoms with Crippen LogP contribution in [0.2, 0.25) is 0 Å². The number of hydrogen-bond acceptors (Lipinski definition) is 1. The number of nitrogens with one attached hydrogen (secondary N) is 1. The fraction of sp³-hybridized carbons (Fsp3) is 0.900. The average Bonchev–Trinajstić information content (AvgIpc) is 2.02. The van der Waals surface area contributed by atoms with Gasteiger partial charge in [0.05, 0.1) is 0 Å². The topological polar surface area (TPSA) is 56.7 Å². The van der Waals surface area contributed by atoms with Crippen LogP contribution in [0.1, 0.15) is 34.1 Å². The summed E-state index contributed by atoms with van der Waals surface area (Å²) in [5.41, 5.74) is 3.82. The van der Waals surface area contributed by atoms with Gasteiger partial charge in [0, 0.05) is 12.5 Å². The van der Waals surface area contributed by atoms with Gasteiger partial charge in [-0.2, -0.15) is 0 Å². The number of quaternary nitrogens is 1. The fourth-order valence-corrected chi connectivity index (χ4v) is 0.918. The zero-order chi connectivity index (χ0) is 10.4. The summed E-state index contributed by atoms with van der Waals surface area (Å²) in [4.78, 5) is 11.4. The quantitative estimate of drug-likeness (QED) is 0.643. The minimum absolute atomic E-state index is 0.0793. The minimum atomic E-state index is -0.118. The van der Waals surface area contributed by atoms with Gasteiger partial charge in [0.15, 0.2) is 6.04 Å². The number of carbonyl (C=O) groups is 1. The molecule has 1 amide bonds. The van der Waals surface area contributed by atoms with Crippen LogP contribution < -0.4 is 11.1 Å². The van der Waals surface area contributed by atoms with E-state index in [9.17, 15) is 4.79 Å². The van der Waals surface area contributed by atoms with Crippen LogP contribution in [0, 0.1) is 11.8 Å². The van der Waals surface area contributed by atoms with E-state index < -0.39 is 0 Å². The molecule has 0 aliphatic heterocycles. The molecule has 0 saturated heterocycles. The summed E-state index contributed by atoms with van der Waals surface area (Å²) in [6.07, 6.45) is 1.04. The summed E-state index contributed by atoms with van der Waals surface area (Å²) in [6, 6.07) is -0.118. The van der Waals surface area contributed by atoms with Crippen molar-refractivity contribution in [1.82, 2.24) is 5.32 Å². The fourth-order valence-electron chi connectivity index (χ4n) is 0.918. The molecule has 3 nitrogen and oxygen atoms in total. The molecule has 13 heavy (non-hydrogen) atoms. The van der Waals surface area contributed by atoms with E-state index in [1.54, 1.807) is 0 Å². The molecule has 0 aliphatic rings. The van der Waals surface area contributed by atoms with Crippen molar-refractivity contribution in [2.45, 2.75) is 40.2 Å². The highest BCUT2D eigenvalue weighted by Gasteiger charge is 2.20. The van der Waals surface area contributed by atoms with E-state index in [-0.39, 0.29) is 11.9 Å². The van der Waals surface area contributed by atoms with Crippen molar-refractivity contribution in [3.05, 3.63) is 0 Å². The lowest BCUT2D eigenvalue weighted by Gasteiger charge is -2.12. The van der Waals surface area contributed by atoms with E-state index in [0.29, 0.717) is 11.8 Å². The first-order valence-corrected chi connectivity index (χ1v) is 5.06. The lowest BCUT2D eigenvalue weighted by Crippen LogP contribution is -2.69. The third-order valence-electron chi connectivity index (χ3n) is 2.16. The lowest BCUT2D eigenvalue weighted by atomic mass is 10.0. The molecule has 1 atom stereocenters. The van der Waals surface area contributed by atoms with Gasteiger partial charge in [0.2, 0.25) is 0 Å². The van der Waals surface area contributed by atoms with Crippen LogP contribution in [0.15, 0.2) is 0 Å². The Labute approximate surface area is 81.1 Å². The normalized spacial score (nSPS) is 13.5. The lowest BCUT2D eigenvalue weighted by molar-refractivity contribution is -0.414. The van der Waals surface area contributed by atoms with E-state index in [2.05, 4.69) is 24.9 Å². The van der Waals surface area contributed by atoms with E-state index >= 15 is 0 Å². The van der Waals surface area contributed by atoms with Gasteiger partial charge in [-0.15, -0.1) is 0 Å². The maximum atomic E-state index is 11.4. The third-order valence-corrected chi connectivity index (χ3v) is 2.16. The monoisotopic (exact) mass is 187 g/mol. The minimum Gasteiger partial charge on any atom is -0.351 e. The average molecular weight is 187 g/mol. The van der Waals surface area contributed by atoms with Crippen molar-refractivity contribution in [2.24, 2.45) is 11.8 Å². The predicted octanol–water partition coefficient (Wildman–Crippen LogP) is 0.415. The first-order chi connectivity index (χ1) is 5.95. The van der Waals surface area contributed by atoms with Crippen molar-refractivity contribution < 1.29 is 10.5 Å². The summed E-state index contributed by atoms with van der Waals surface area (Å²) in [6.45, 7) is 9.10. The van der Waals surface area contributed by atoms with E-state index in [4.69, 9.17) is 0 Å².